The van der Waals surface area contributed by atoms with Crippen LogP contribution in [0.5, 0.6) is 11.5 Å². The quantitative estimate of drug-likeness (QED) is 0.155. The van der Waals surface area contributed by atoms with Crippen molar-refractivity contribution in [3.63, 3.8) is 0 Å². The van der Waals surface area contributed by atoms with E-state index in [2.05, 4.69) is 23.5 Å². The molecule has 0 spiro atoms. The molecule has 3 rings (SSSR count). The fraction of sp³-hybridized carbons (Fsp3) is 0.556. The minimum Gasteiger partial charge on any atom is -0.491 e. The summed E-state index contributed by atoms with van der Waals surface area (Å²) in [6.07, 6.45) is 18.2. The lowest BCUT2D eigenvalue weighted by molar-refractivity contribution is 0.259. The van der Waals surface area contributed by atoms with E-state index < -0.39 is 0 Å². The first kappa shape index (κ1) is 24.2. The summed E-state index contributed by atoms with van der Waals surface area (Å²) in [5.41, 5.74) is 0.962. The fourth-order valence-electron chi connectivity index (χ4n) is 3.69. The van der Waals surface area contributed by atoms with Gasteiger partial charge in [0.15, 0.2) is 11.6 Å². The molecule has 2 atom stereocenters. The van der Waals surface area contributed by atoms with Gasteiger partial charge in [0.25, 0.3) is 0 Å². The third-order valence-electron chi connectivity index (χ3n) is 5.76. The number of epoxide rings is 1. The molecule has 2 heterocycles. The lowest BCUT2D eigenvalue weighted by Gasteiger charge is -2.07. The highest BCUT2D eigenvalue weighted by atomic mass is 16.6. The zero-order chi connectivity index (χ0) is 22.4. The van der Waals surface area contributed by atoms with Gasteiger partial charge in [-0.1, -0.05) is 51.5 Å². The predicted molar refractivity (Wildman–Crippen MR) is 129 cm³/mol. The minimum atomic E-state index is 0.249. The van der Waals surface area contributed by atoms with Crippen molar-refractivity contribution in [3.05, 3.63) is 49.3 Å². The molecule has 32 heavy (non-hydrogen) atoms. The van der Waals surface area contributed by atoms with Gasteiger partial charge in [-0.25, -0.2) is 9.97 Å². The van der Waals surface area contributed by atoms with E-state index in [4.69, 9.17) is 14.2 Å². The third kappa shape index (κ3) is 8.62. The van der Waals surface area contributed by atoms with E-state index in [-0.39, 0.29) is 6.10 Å². The number of nitrogens with zero attached hydrogens (tertiary/aromatic N) is 2. The molecular weight excluding hydrogens is 400 g/mol. The molecule has 0 aliphatic carbocycles. The summed E-state index contributed by atoms with van der Waals surface area (Å²) < 4.78 is 17.3. The summed E-state index contributed by atoms with van der Waals surface area (Å²) in [6, 6.07) is 7.90. The highest BCUT2D eigenvalue weighted by Gasteiger charge is 2.38. The maximum Gasteiger partial charge on any atom is 0.159 e. The van der Waals surface area contributed by atoms with Crippen molar-refractivity contribution in [3.8, 4) is 22.9 Å². The van der Waals surface area contributed by atoms with Gasteiger partial charge in [0.2, 0.25) is 0 Å². The maximum atomic E-state index is 5.86. The van der Waals surface area contributed by atoms with Crippen molar-refractivity contribution < 1.29 is 14.2 Å². The van der Waals surface area contributed by atoms with Gasteiger partial charge in [0, 0.05) is 5.56 Å². The van der Waals surface area contributed by atoms with Gasteiger partial charge in [-0.2, -0.15) is 0 Å². The molecule has 0 radical (unpaired) electrons. The molecule has 5 nitrogen and oxygen atoms in total. The third-order valence-corrected chi connectivity index (χ3v) is 5.76. The molecule has 1 aromatic heterocycles. The van der Waals surface area contributed by atoms with Gasteiger partial charge < -0.3 is 14.2 Å². The molecular formula is C27H38N2O3. The van der Waals surface area contributed by atoms with Crippen LogP contribution in [-0.2, 0) is 4.74 Å². The predicted octanol–water partition coefficient (Wildman–Crippen LogP) is 6.78. The van der Waals surface area contributed by atoms with Crippen LogP contribution in [-0.4, -0.2) is 35.4 Å². The minimum absolute atomic E-state index is 0.249. The van der Waals surface area contributed by atoms with E-state index in [0.29, 0.717) is 25.1 Å². The molecule has 2 aromatic rings. The van der Waals surface area contributed by atoms with Gasteiger partial charge in [-0.05, 0) is 49.9 Å². The highest BCUT2D eigenvalue weighted by molar-refractivity contribution is 5.56. The first-order valence-electron chi connectivity index (χ1n) is 12.2. The van der Waals surface area contributed by atoms with Crippen LogP contribution in [0.15, 0.2) is 49.3 Å². The van der Waals surface area contributed by atoms with Crippen LogP contribution < -0.4 is 9.47 Å². The van der Waals surface area contributed by atoms with Crippen molar-refractivity contribution in [2.24, 2.45) is 0 Å². The van der Waals surface area contributed by atoms with Crippen LogP contribution in [0.4, 0.5) is 0 Å². The summed E-state index contributed by atoms with van der Waals surface area (Å²) in [7, 11) is 0. The van der Waals surface area contributed by atoms with E-state index in [0.717, 1.165) is 36.3 Å². The van der Waals surface area contributed by atoms with Crippen LogP contribution in [0.3, 0.4) is 0 Å². The van der Waals surface area contributed by atoms with E-state index in [9.17, 15) is 0 Å². The van der Waals surface area contributed by atoms with Crippen molar-refractivity contribution in [2.45, 2.75) is 83.3 Å². The standard InChI is InChI=1S/C27H38N2O3/c1-3-5-7-8-9-10-11-12-18-30-24-19-28-27(29-20-24)22-14-16-23(17-15-22)31-21-26-25(32-26)13-6-4-2/h3,14-17,19-20,25-26H,1,4-13,18,21H2,2H3/t25-,26-/m0/s1. The van der Waals surface area contributed by atoms with Gasteiger partial charge in [-0.15, -0.1) is 6.58 Å². The molecule has 1 saturated heterocycles. The van der Waals surface area contributed by atoms with Crippen molar-refractivity contribution in [2.75, 3.05) is 13.2 Å². The van der Waals surface area contributed by atoms with Crippen LogP contribution in [0.1, 0.15) is 71.1 Å². The van der Waals surface area contributed by atoms with Gasteiger partial charge in [0.05, 0.1) is 25.1 Å². The maximum absolute atomic E-state index is 5.86. The average molecular weight is 439 g/mol. The van der Waals surface area contributed by atoms with Gasteiger partial charge in [0.1, 0.15) is 18.5 Å². The SMILES string of the molecule is C=CCCCCCCCCOc1cnc(-c2ccc(OC[C@@H]3O[C@H]3CCCC)cc2)nc1. The van der Waals surface area contributed by atoms with Gasteiger partial charge >= 0.3 is 0 Å². The van der Waals surface area contributed by atoms with Crippen LogP contribution in [0.2, 0.25) is 0 Å². The zero-order valence-corrected chi connectivity index (χ0v) is 19.5. The summed E-state index contributed by atoms with van der Waals surface area (Å²) >= 11 is 0. The molecule has 1 aromatic carbocycles. The molecule has 1 aliphatic heterocycles. The average Bonchev–Trinajstić information content (AvgIpc) is 3.59. The lowest BCUT2D eigenvalue weighted by atomic mass is 10.1. The van der Waals surface area contributed by atoms with E-state index in [1.807, 2.05) is 30.3 Å². The Morgan fingerprint density at radius 1 is 0.875 bits per heavy atom. The van der Waals surface area contributed by atoms with Crippen molar-refractivity contribution in [1.82, 2.24) is 9.97 Å². The molecule has 0 bridgehead atoms. The normalized spacial score (nSPS) is 17.2. The Morgan fingerprint density at radius 2 is 1.59 bits per heavy atom. The Hall–Kier alpha value is -2.40. The molecule has 0 saturated carbocycles. The Labute approximate surface area is 193 Å². The number of hydrogen-bond acceptors (Lipinski definition) is 5. The topological polar surface area (TPSA) is 56.8 Å². The summed E-state index contributed by atoms with van der Waals surface area (Å²) in [5.74, 6) is 2.26. The number of ether oxygens (including phenoxy) is 3. The Kier molecular flexibility index (Phi) is 10.5. The monoisotopic (exact) mass is 438 g/mol. The van der Waals surface area contributed by atoms with Crippen molar-refractivity contribution in [1.29, 1.82) is 0 Å². The lowest BCUT2D eigenvalue weighted by Crippen LogP contribution is -2.07. The van der Waals surface area contributed by atoms with E-state index >= 15 is 0 Å². The van der Waals surface area contributed by atoms with Gasteiger partial charge in [-0.3, -0.25) is 0 Å². The first-order valence-corrected chi connectivity index (χ1v) is 12.2. The second kappa shape index (κ2) is 13.9. The number of rotatable bonds is 17. The summed E-state index contributed by atoms with van der Waals surface area (Å²) in [4.78, 5) is 8.91. The number of allylic oxidation sites excluding steroid dienone is 1. The van der Waals surface area contributed by atoms with E-state index in [1.54, 1.807) is 12.4 Å². The zero-order valence-electron chi connectivity index (χ0n) is 19.5. The molecule has 5 heteroatoms. The molecule has 1 fully saturated rings. The Morgan fingerprint density at radius 3 is 2.31 bits per heavy atom. The molecule has 0 amide bonds. The van der Waals surface area contributed by atoms with Crippen LogP contribution in [0, 0.1) is 0 Å². The molecule has 0 unspecified atom stereocenters. The fourth-order valence-corrected chi connectivity index (χ4v) is 3.69. The number of unbranched alkanes of at least 4 members (excludes halogenated alkanes) is 7. The molecule has 0 N–H and O–H groups in total. The first-order chi connectivity index (χ1) is 15.8. The largest absolute Gasteiger partial charge is 0.491 e. The number of benzene rings is 1. The second-order valence-corrected chi connectivity index (χ2v) is 8.48. The molecule has 174 valence electrons. The highest BCUT2D eigenvalue weighted by Crippen LogP contribution is 2.28. The number of aromatic nitrogens is 2. The second-order valence-electron chi connectivity index (χ2n) is 8.48. The Balaban J connectivity index is 1.31. The number of hydrogen-bond donors (Lipinski definition) is 0. The smallest absolute Gasteiger partial charge is 0.159 e. The van der Waals surface area contributed by atoms with Crippen LogP contribution in [0.25, 0.3) is 11.4 Å². The van der Waals surface area contributed by atoms with Crippen molar-refractivity contribution >= 4 is 0 Å². The summed E-state index contributed by atoms with van der Waals surface area (Å²) in [6.45, 7) is 7.30. The molecule has 1 aliphatic rings. The van der Waals surface area contributed by atoms with E-state index in [1.165, 1.54) is 44.9 Å². The van der Waals surface area contributed by atoms with Crippen LogP contribution >= 0.6 is 0 Å². The summed E-state index contributed by atoms with van der Waals surface area (Å²) in [5, 5.41) is 0. The Bertz CT molecular complexity index is 776.